The molecule has 19 heavy (non-hydrogen) atoms. The van der Waals surface area contributed by atoms with Crippen molar-refractivity contribution in [1.29, 1.82) is 0 Å². The number of hydrogen-bond acceptors (Lipinski definition) is 4. The van der Waals surface area contributed by atoms with Gasteiger partial charge in [0.15, 0.2) is 0 Å². The zero-order valence-electron chi connectivity index (χ0n) is 9.83. The molecule has 0 radical (unpaired) electrons. The highest BCUT2D eigenvalue weighted by Gasteiger charge is 2.23. The van der Waals surface area contributed by atoms with E-state index in [1.165, 1.54) is 17.0 Å². The summed E-state index contributed by atoms with van der Waals surface area (Å²) in [7, 11) is 0. The minimum Gasteiger partial charge on any atom is -0.478 e. The van der Waals surface area contributed by atoms with Gasteiger partial charge in [-0.2, -0.15) is 0 Å². The van der Waals surface area contributed by atoms with Crippen LogP contribution in [0, 0.1) is 0 Å². The molecule has 0 aliphatic carbocycles. The summed E-state index contributed by atoms with van der Waals surface area (Å²) in [5.41, 5.74) is -0.163. The van der Waals surface area contributed by atoms with Gasteiger partial charge in [-0.25, -0.2) is 14.4 Å². The number of rotatable bonds is 3. The molecule has 1 heterocycles. The number of carbonyl (C=O) groups excluding carboxylic acids is 1. The van der Waals surface area contributed by atoms with Crippen LogP contribution >= 0.6 is 0 Å². The predicted octanol–water partition coefficient (Wildman–Crippen LogP) is 1.43. The number of hydrogen-bond donors (Lipinski definition) is 2. The van der Waals surface area contributed by atoms with E-state index in [4.69, 9.17) is 14.9 Å². The van der Waals surface area contributed by atoms with Gasteiger partial charge in [-0.1, -0.05) is 0 Å². The largest absolute Gasteiger partial charge is 0.478 e. The fourth-order valence-electron chi connectivity index (χ4n) is 1.80. The highest BCUT2D eigenvalue weighted by atomic mass is 16.6. The molecule has 0 aromatic heterocycles. The molecule has 100 valence electrons. The van der Waals surface area contributed by atoms with Crippen LogP contribution in [0.1, 0.15) is 27.1 Å². The second kappa shape index (κ2) is 4.97. The molecule has 7 nitrogen and oxygen atoms in total. The van der Waals surface area contributed by atoms with Crippen molar-refractivity contribution in [2.24, 2.45) is 0 Å². The molecule has 7 heteroatoms. The van der Waals surface area contributed by atoms with Crippen LogP contribution < -0.4 is 4.90 Å². The normalized spacial score (nSPS) is 14.9. The summed E-state index contributed by atoms with van der Waals surface area (Å²) in [4.78, 5) is 34.7. The second-order valence-electron chi connectivity index (χ2n) is 4.00. The fourth-order valence-corrected chi connectivity index (χ4v) is 1.80. The molecular formula is C12H11NO6. The monoisotopic (exact) mass is 265 g/mol. The Balaban J connectivity index is 2.46. The van der Waals surface area contributed by atoms with Crippen molar-refractivity contribution in [2.45, 2.75) is 6.42 Å². The third-order valence-electron chi connectivity index (χ3n) is 2.70. The summed E-state index contributed by atoms with van der Waals surface area (Å²) in [5.74, 6) is -2.51. The number of anilines is 1. The summed E-state index contributed by atoms with van der Waals surface area (Å²) < 4.78 is 4.84. The van der Waals surface area contributed by atoms with Crippen molar-refractivity contribution in [3.05, 3.63) is 29.3 Å². The number of benzene rings is 1. The lowest BCUT2D eigenvalue weighted by atomic mass is 10.1. The Morgan fingerprint density at radius 3 is 2.16 bits per heavy atom. The number of carboxylic acid groups (broad SMARTS) is 2. The molecule has 1 aromatic rings. The van der Waals surface area contributed by atoms with E-state index in [1.807, 2.05) is 0 Å². The Morgan fingerprint density at radius 2 is 1.68 bits per heavy atom. The van der Waals surface area contributed by atoms with E-state index < -0.39 is 18.0 Å². The van der Waals surface area contributed by atoms with Gasteiger partial charge in [-0.05, 0) is 24.6 Å². The van der Waals surface area contributed by atoms with Crippen LogP contribution in [0.4, 0.5) is 10.5 Å². The molecule has 0 unspecified atom stereocenters. The first-order valence-corrected chi connectivity index (χ1v) is 5.55. The van der Waals surface area contributed by atoms with Crippen molar-refractivity contribution < 1.29 is 29.3 Å². The van der Waals surface area contributed by atoms with E-state index in [9.17, 15) is 14.4 Å². The van der Waals surface area contributed by atoms with Crippen LogP contribution in [0.5, 0.6) is 0 Å². The fraction of sp³-hybridized carbons (Fsp3) is 0.250. The maximum Gasteiger partial charge on any atom is 0.414 e. The van der Waals surface area contributed by atoms with E-state index in [1.54, 1.807) is 0 Å². The Labute approximate surface area is 108 Å². The Bertz CT molecular complexity index is 521. The summed E-state index contributed by atoms with van der Waals surface area (Å²) in [6.45, 7) is 0.667. The molecule has 1 aliphatic rings. The molecule has 1 aliphatic heterocycles. The van der Waals surface area contributed by atoms with Crippen LogP contribution in [-0.4, -0.2) is 41.4 Å². The molecule has 0 atom stereocenters. The third kappa shape index (κ3) is 2.65. The van der Waals surface area contributed by atoms with Crippen molar-refractivity contribution in [1.82, 2.24) is 0 Å². The molecular weight excluding hydrogens is 254 g/mol. The number of ether oxygens (including phenoxy) is 1. The highest BCUT2D eigenvalue weighted by Crippen LogP contribution is 2.22. The molecule has 0 spiro atoms. The van der Waals surface area contributed by atoms with Crippen molar-refractivity contribution in [2.75, 3.05) is 18.1 Å². The maximum atomic E-state index is 11.6. The summed E-state index contributed by atoms with van der Waals surface area (Å²) in [6.07, 6.45) is -0.00374. The predicted molar refractivity (Wildman–Crippen MR) is 63.7 cm³/mol. The standard InChI is InChI=1S/C12H11NO6/c14-10(15)7-4-8(11(16)17)6-9(5-7)13-2-1-3-19-12(13)18/h4-6H,1-3H2,(H,14,15)(H,16,17). The molecule has 2 N–H and O–H groups in total. The van der Waals surface area contributed by atoms with E-state index in [-0.39, 0.29) is 16.8 Å². The lowest BCUT2D eigenvalue weighted by Crippen LogP contribution is -2.37. The number of cyclic esters (lactones) is 1. The Morgan fingerprint density at radius 1 is 1.11 bits per heavy atom. The van der Waals surface area contributed by atoms with Crippen molar-refractivity contribution in [3.63, 3.8) is 0 Å². The molecule has 1 fully saturated rings. The first-order valence-electron chi connectivity index (χ1n) is 5.55. The first-order chi connectivity index (χ1) is 8.99. The summed E-state index contributed by atoms with van der Waals surface area (Å²) in [5, 5.41) is 17.9. The zero-order chi connectivity index (χ0) is 14.0. The average molecular weight is 265 g/mol. The van der Waals surface area contributed by atoms with E-state index in [0.717, 1.165) is 6.07 Å². The highest BCUT2D eigenvalue weighted by molar-refractivity contribution is 5.98. The number of aromatic carboxylic acids is 2. The molecule has 2 rings (SSSR count). The van der Waals surface area contributed by atoms with E-state index in [2.05, 4.69) is 0 Å². The van der Waals surface area contributed by atoms with Crippen LogP contribution in [-0.2, 0) is 4.74 Å². The van der Waals surface area contributed by atoms with E-state index in [0.29, 0.717) is 19.6 Å². The lowest BCUT2D eigenvalue weighted by Gasteiger charge is -2.26. The maximum absolute atomic E-state index is 11.6. The van der Waals surface area contributed by atoms with Crippen molar-refractivity contribution in [3.8, 4) is 0 Å². The minimum absolute atomic E-state index is 0.187. The van der Waals surface area contributed by atoms with Gasteiger partial charge < -0.3 is 14.9 Å². The van der Waals surface area contributed by atoms with Gasteiger partial charge in [-0.15, -0.1) is 0 Å². The number of carboxylic acids is 2. The quantitative estimate of drug-likeness (QED) is 0.856. The van der Waals surface area contributed by atoms with Gasteiger partial charge in [0.1, 0.15) is 0 Å². The Hall–Kier alpha value is -2.57. The zero-order valence-corrected chi connectivity index (χ0v) is 9.83. The number of carbonyl (C=O) groups is 3. The van der Waals surface area contributed by atoms with Crippen LogP contribution in [0.25, 0.3) is 0 Å². The summed E-state index contributed by atoms with van der Waals surface area (Å²) in [6, 6.07) is 3.55. The average Bonchev–Trinajstić information content (AvgIpc) is 2.38. The summed E-state index contributed by atoms with van der Waals surface area (Å²) >= 11 is 0. The lowest BCUT2D eigenvalue weighted by molar-refractivity contribution is 0.0696. The third-order valence-corrected chi connectivity index (χ3v) is 2.70. The SMILES string of the molecule is O=C(O)c1cc(C(=O)O)cc(N2CCCOC2=O)c1. The van der Waals surface area contributed by atoms with Gasteiger partial charge in [0, 0.05) is 12.2 Å². The first kappa shape index (κ1) is 12.9. The van der Waals surface area contributed by atoms with Gasteiger partial charge in [0.2, 0.25) is 0 Å². The van der Waals surface area contributed by atoms with Crippen LogP contribution in [0.2, 0.25) is 0 Å². The van der Waals surface area contributed by atoms with Gasteiger partial charge in [0.05, 0.1) is 17.7 Å². The topological polar surface area (TPSA) is 104 Å². The molecule has 1 amide bonds. The minimum atomic E-state index is -1.25. The second-order valence-corrected chi connectivity index (χ2v) is 4.00. The van der Waals surface area contributed by atoms with Gasteiger partial charge in [0.25, 0.3) is 0 Å². The number of amides is 1. The van der Waals surface area contributed by atoms with Crippen LogP contribution in [0.15, 0.2) is 18.2 Å². The van der Waals surface area contributed by atoms with Crippen LogP contribution in [0.3, 0.4) is 0 Å². The Kier molecular flexibility index (Phi) is 3.37. The molecule has 0 saturated carbocycles. The van der Waals surface area contributed by atoms with E-state index >= 15 is 0 Å². The molecule has 0 bridgehead atoms. The molecule has 1 saturated heterocycles. The van der Waals surface area contributed by atoms with Crippen molar-refractivity contribution >= 4 is 23.7 Å². The van der Waals surface area contributed by atoms with Gasteiger partial charge in [-0.3, -0.25) is 4.90 Å². The van der Waals surface area contributed by atoms with Gasteiger partial charge >= 0.3 is 18.0 Å². The molecule has 1 aromatic carbocycles. The number of nitrogens with zero attached hydrogens (tertiary/aromatic N) is 1. The smallest absolute Gasteiger partial charge is 0.414 e.